The molecule has 19 heavy (non-hydrogen) atoms. The lowest BCUT2D eigenvalue weighted by Crippen LogP contribution is -2.25. The number of carbonyl (C=O) groups is 1. The minimum atomic E-state index is -0.819. The van der Waals surface area contributed by atoms with Gasteiger partial charge in [0.1, 0.15) is 0 Å². The van der Waals surface area contributed by atoms with Crippen LogP contribution in [-0.4, -0.2) is 22.2 Å². The van der Waals surface area contributed by atoms with Gasteiger partial charge in [0.2, 0.25) is 0 Å². The van der Waals surface area contributed by atoms with Gasteiger partial charge < -0.3 is 14.8 Å². The molecule has 6 nitrogen and oxygen atoms in total. The summed E-state index contributed by atoms with van der Waals surface area (Å²) in [5.41, 5.74) is 2.26. The first-order chi connectivity index (χ1) is 8.99. The smallest absolute Gasteiger partial charge is 0.419 e. The van der Waals surface area contributed by atoms with Crippen molar-refractivity contribution in [3.05, 3.63) is 34.3 Å². The number of benzene rings is 1. The second-order valence-electron chi connectivity index (χ2n) is 4.60. The van der Waals surface area contributed by atoms with Crippen molar-refractivity contribution in [1.82, 2.24) is 9.88 Å². The highest BCUT2D eigenvalue weighted by Crippen LogP contribution is 2.14. The predicted octanol–water partition coefficient (Wildman–Crippen LogP) is 0.942. The summed E-state index contributed by atoms with van der Waals surface area (Å²) in [5, 5.41) is 11.8. The largest absolute Gasteiger partial charge is 0.481 e. The molecule has 0 aliphatic rings. The number of carboxylic acid groups (broad SMARTS) is 1. The van der Waals surface area contributed by atoms with Crippen LogP contribution in [-0.2, 0) is 18.4 Å². The number of hydrogen-bond donors (Lipinski definition) is 2. The topological polar surface area (TPSA) is 84.5 Å². The number of carboxylic acids is 1. The lowest BCUT2D eigenvalue weighted by Gasteiger charge is -2.08. The third-order valence-electron chi connectivity index (χ3n) is 3.06. The summed E-state index contributed by atoms with van der Waals surface area (Å²) in [6, 6.07) is 5.46. The first-order valence-electron chi connectivity index (χ1n) is 6.01. The molecule has 1 heterocycles. The minimum absolute atomic E-state index is 0.389. The zero-order valence-corrected chi connectivity index (χ0v) is 10.8. The molecule has 0 radical (unpaired) electrons. The van der Waals surface area contributed by atoms with E-state index >= 15 is 0 Å². The maximum Gasteiger partial charge on any atom is 0.419 e. The van der Waals surface area contributed by atoms with Crippen molar-refractivity contribution in [2.45, 2.75) is 13.5 Å². The molecule has 2 N–H and O–H groups in total. The van der Waals surface area contributed by atoms with Crippen LogP contribution >= 0.6 is 0 Å². The first kappa shape index (κ1) is 13.4. The van der Waals surface area contributed by atoms with E-state index in [1.54, 1.807) is 20.0 Å². The van der Waals surface area contributed by atoms with Gasteiger partial charge in [-0.1, -0.05) is 13.0 Å². The standard InChI is InChI=1S/C13H16N2O4/c1-8(12(16)17)6-14-7-9-3-4-11-10(5-9)15(2)13(18)19-11/h3-5,8,14H,6-7H2,1-2H3,(H,16,17). The van der Waals surface area contributed by atoms with Crippen molar-refractivity contribution >= 4 is 17.1 Å². The number of hydrogen-bond acceptors (Lipinski definition) is 4. The molecule has 0 spiro atoms. The van der Waals surface area contributed by atoms with Crippen LogP contribution in [0.1, 0.15) is 12.5 Å². The van der Waals surface area contributed by atoms with Gasteiger partial charge in [-0.2, -0.15) is 0 Å². The predicted molar refractivity (Wildman–Crippen MR) is 70.0 cm³/mol. The number of aryl methyl sites for hydroxylation is 1. The Balaban J connectivity index is 2.07. The molecule has 1 atom stereocenters. The summed E-state index contributed by atoms with van der Waals surface area (Å²) in [4.78, 5) is 22.0. The summed E-state index contributed by atoms with van der Waals surface area (Å²) in [6.07, 6.45) is 0. The van der Waals surface area contributed by atoms with Crippen LogP contribution < -0.4 is 11.1 Å². The van der Waals surface area contributed by atoms with Gasteiger partial charge in [-0.05, 0) is 17.7 Å². The molecule has 1 aromatic heterocycles. The van der Waals surface area contributed by atoms with Crippen LogP contribution in [0, 0.1) is 5.92 Å². The van der Waals surface area contributed by atoms with Gasteiger partial charge in [-0.15, -0.1) is 0 Å². The van der Waals surface area contributed by atoms with Crippen LogP contribution in [0.15, 0.2) is 27.4 Å². The van der Waals surface area contributed by atoms with Gasteiger partial charge in [0.25, 0.3) is 0 Å². The molecule has 102 valence electrons. The van der Waals surface area contributed by atoms with Crippen LogP contribution in [0.3, 0.4) is 0 Å². The lowest BCUT2D eigenvalue weighted by atomic mass is 10.1. The Bertz CT molecular complexity index is 656. The molecular formula is C13H16N2O4. The number of nitrogens with one attached hydrogen (secondary N) is 1. The van der Waals surface area contributed by atoms with Crippen molar-refractivity contribution < 1.29 is 14.3 Å². The summed E-state index contributed by atoms with van der Waals surface area (Å²) in [5.74, 6) is -1.64. The Morgan fingerprint density at radius 1 is 1.53 bits per heavy atom. The van der Waals surface area contributed by atoms with E-state index in [-0.39, 0.29) is 5.76 Å². The van der Waals surface area contributed by atoms with Gasteiger partial charge in [0.05, 0.1) is 11.4 Å². The van der Waals surface area contributed by atoms with Gasteiger partial charge in [0.15, 0.2) is 5.58 Å². The van der Waals surface area contributed by atoms with Crippen LogP contribution in [0.4, 0.5) is 0 Å². The molecule has 1 aromatic carbocycles. The van der Waals surface area contributed by atoms with Crippen molar-refractivity contribution in [2.75, 3.05) is 6.54 Å². The Morgan fingerprint density at radius 2 is 2.26 bits per heavy atom. The molecule has 0 fully saturated rings. The SMILES string of the molecule is CC(CNCc1ccc2oc(=O)n(C)c2c1)C(=O)O. The van der Waals surface area contributed by atoms with E-state index in [1.165, 1.54) is 4.57 Å². The first-order valence-corrected chi connectivity index (χ1v) is 6.01. The van der Waals surface area contributed by atoms with Crippen LogP contribution in [0.5, 0.6) is 0 Å². The Kier molecular flexibility index (Phi) is 3.71. The normalized spacial score (nSPS) is 12.7. The quantitative estimate of drug-likeness (QED) is 0.839. The van der Waals surface area contributed by atoms with Gasteiger partial charge in [-0.3, -0.25) is 9.36 Å². The zero-order chi connectivity index (χ0) is 14.0. The molecule has 0 bridgehead atoms. The summed E-state index contributed by atoms with van der Waals surface area (Å²) >= 11 is 0. The molecule has 0 amide bonds. The highest BCUT2D eigenvalue weighted by molar-refractivity contribution is 5.73. The van der Waals surface area contributed by atoms with Crippen molar-refractivity contribution in [3.63, 3.8) is 0 Å². The maximum absolute atomic E-state index is 11.3. The molecule has 0 aliphatic carbocycles. The number of rotatable bonds is 5. The van der Waals surface area contributed by atoms with Gasteiger partial charge >= 0.3 is 11.7 Å². The molecule has 1 unspecified atom stereocenters. The maximum atomic E-state index is 11.3. The number of oxazole rings is 1. The van der Waals surface area contributed by atoms with Crippen molar-refractivity contribution in [1.29, 1.82) is 0 Å². The average molecular weight is 264 g/mol. The fourth-order valence-corrected chi connectivity index (χ4v) is 1.80. The van der Waals surface area contributed by atoms with E-state index in [2.05, 4.69) is 5.32 Å². The fraction of sp³-hybridized carbons (Fsp3) is 0.385. The Morgan fingerprint density at radius 3 is 2.95 bits per heavy atom. The Labute approximate surface area is 109 Å². The molecular weight excluding hydrogens is 248 g/mol. The molecule has 0 saturated carbocycles. The molecule has 2 aromatic rings. The molecule has 0 saturated heterocycles. The molecule has 2 rings (SSSR count). The van der Waals surface area contributed by atoms with E-state index in [9.17, 15) is 9.59 Å². The number of nitrogens with zero attached hydrogens (tertiary/aromatic N) is 1. The second-order valence-corrected chi connectivity index (χ2v) is 4.60. The van der Waals surface area contributed by atoms with Crippen molar-refractivity contribution in [2.24, 2.45) is 13.0 Å². The Hall–Kier alpha value is -2.08. The van der Waals surface area contributed by atoms with E-state index in [4.69, 9.17) is 9.52 Å². The third kappa shape index (κ3) is 2.85. The van der Waals surface area contributed by atoms with E-state index in [0.29, 0.717) is 18.7 Å². The molecule has 0 aliphatic heterocycles. The summed E-state index contributed by atoms with van der Waals surface area (Å²) < 4.78 is 6.48. The van der Waals surface area contributed by atoms with Crippen LogP contribution in [0.2, 0.25) is 0 Å². The summed E-state index contributed by atoms with van der Waals surface area (Å²) in [7, 11) is 1.65. The third-order valence-corrected chi connectivity index (χ3v) is 3.06. The second kappa shape index (κ2) is 5.27. The minimum Gasteiger partial charge on any atom is -0.481 e. The lowest BCUT2D eigenvalue weighted by molar-refractivity contribution is -0.140. The van der Waals surface area contributed by atoms with Crippen LogP contribution in [0.25, 0.3) is 11.1 Å². The number of aliphatic carboxylic acids is 1. The van der Waals surface area contributed by atoms with E-state index in [1.807, 2.05) is 12.1 Å². The molecule has 6 heteroatoms. The van der Waals surface area contributed by atoms with Gasteiger partial charge in [0, 0.05) is 20.1 Å². The number of aromatic nitrogens is 1. The van der Waals surface area contributed by atoms with Crippen molar-refractivity contribution in [3.8, 4) is 0 Å². The highest BCUT2D eigenvalue weighted by Gasteiger charge is 2.10. The average Bonchev–Trinajstić information content (AvgIpc) is 2.65. The zero-order valence-electron chi connectivity index (χ0n) is 10.8. The van der Waals surface area contributed by atoms with E-state index < -0.39 is 11.9 Å². The van der Waals surface area contributed by atoms with E-state index in [0.717, 1.165) is 11.1 Å². The summed E-state index contributed by atoms with van der Waals surface area (Å²) in [6.45, 7) is 2.60. The van der Waals surface area contributed by atoms with Gasteiger partial charge in [-0.25, -0.2) is 4.79 Å². The monoisotopic (exact) mass is 264 g/mol. The highest BCUT2D eigenvalue weighted by atomic mass is 16.4. The fourth-order valence-electron chi connectivity index (χ4n) is 1.80. The number of fused-ring (bicyclic) bond motifs is 1.